The van der Waals surface area contributed by atoms with Crippen molar-refractivity contribution < 1.29 is 40.8 Å². The molecular weight excluding hydrogens is 835 g/mol. The minimum Gasteiger partial charge on any atom is -0.755 e. The lowest BCUT2D eigenvalue weighted by Gasteiger charge is -2.40. The first-order valence-corrected chi connectivity index (χ1v) is 21.1. The highest BCUT2D eigenvalue weighted by Gasteiger charge is 2.35. The molecule has 0 bridgehead atoms. The van der Waals surface area contributed by atoms with Crippen LogP contribution in [0.25, 0.3) is 22.4 Å². The molecule has 2 aliphatic heterocycles. The van der Waals surface area contributed by atoms with E-state index in [0.717, 1.165) is 46.9 Å². The van der Waals surface area contributed by atoms with E-state index in [-0.39, 0.29) is 81.0 Å². The molecule has 0 radical (unpaired) electrons. The number of carbonyl (C=O) groups excluding carboxylic acids is 3. The van der Waals surface area contributed by atoms with Crippen molar-refractivity contribution in [3.63, 3.8) is 0 Å². The molecule has 1 N–H and O–H groups in total. The third-order valence-corrected chi connectivity index (χ3v) is 12.5. The summed E-state index contributed by atoms with van der Waals surface area (Å²) in [5.41, 5.74) is 1.31. The van der Waals surface area contributed by atoms with Crippen molar-refractivity contribution in [1.82, 2.24) is 29.1 Å². The molecule has 5 aromatic rings. The van der Waals surface area contributed by atoms with Crippen LogP contribution in [0.4, 0.5) is 24.5 Å². The van der Waals surface area contributed by atoms with Gasteiger partial charge in [0.1, 0.15) is 5.82 Å². The predicted octanol–water partition coefficient (Wildman–Crippen LogP) is 5.65. The summed E-state index contributed by atoms with van der Waals surface area (Å²) in [6.07, 6.45) is 4.44. The molecule has 4 heterocycles. The van der Waals surface area contributed by atoms with Gasteiger partial charge in [-0.2, -0.15) is 5.10 Å². The molecule has 1 unspecified atom stereocenters. The van der Waals surface area contributed by atoms with Gasteiger partial charge in [0.15, 0.2) is 17.5 Å². The van der Waals surface area contributed by atoms with E-state index < -0.39 is 34.6 Å². The van der Waals surface area contributed by atoms with Crippen LogP contribution in [0.15, 0.2) is 67.0 Å². The number of piperazine rings is 1. The first-order chi connectivity index (χ1) is 29.0. The van der Waals surface area contributed by atoms with Crippen molar-refractivity contribution in [2.45, 2.75) is 26.3 Å². The normalized spacial score (nSPS) is 16.1. The van der Waals surface area contributed by atoms with Crippen LogP contribution in [0, 0.1) is 30.3 Å². The van der Waals surface area contributed by atoms with Crippen LogP contribution in [0.5, 0.6) is 0 Å². The number of quaternary nitrogens is 1. The van der Waals surface area contributed by atoms with Gasteiger partial charge >= 0.3 is 0 Å². The van der Waals surface area contributed by atoms with E-state index in [1.165, 1.54) is 71.2 Å². The average molecular weight is 880 g/mol. The minimum absolute atomic E-state index is 0.0168. The van der Waals surface area contributed by atoms with Gasteiger partial charge in [-0.05, 0) is 55.5 Å². The molecule has 2 aromatic heterocycles. The first kappa shape index (κ1) is 43.5. The Labute approximate surface area is 358 Å². The first-order valence-electron chi connectivity index (χ1n) is 19.7. The zero-order valence-electron chi connectivity index (χ0n) is 34.0. The number of hydrogen-bond acceptors (Lipinski definition) is 7. The van der Waals surface area contributed by atoms with Crippen molar-refractivity contribution in [1.29, 1.82) is 0 Å². The molecule has 2 aliphatic rings. The highest BCUT2D eigenvalue weighted by atomic mass is 35.5. The molecule has 2 saturated heterocycles. The fourth-order valence-electron chi connectivity index (χ4n) is 7.84. The second-order valence-corrected chi connectivity index (χ2v) is 17.2. The van der Waals surface area contributed by atoms with Gasteiger partial charge in [-0.3, -0.25) is 23.3 Å². The van der Waals surface area contributed by atoms with Crippen LogP contribution in [-0.2, 0) is 29.7 Å². The summed E-state index contributed by atoms with van der Waals surface area (Å²) in [6, 6.07) is 12.2. The second-order valence-electron chi connectivity index (χ2n) is 15.9. The third kappa shape index (κ3) is 9.36. The summed E-state index contributed by atoms with van der Waals surface area (Å²) < 4.78 is 73.4. The number of nitrogens with zero attached hydrogens (tertiary/aromatic N) is 8. The van der Waals surface area contributed by atoms with Crippen LogP contribution in [0.3, 0.4) is 0 Å². The number of piperidine rings is 1. The Morgan fingerprint density at radius 2 is 1.57 bits per heavy atom. The molecule has 322 valence electrons. The van der Waals surface area contributed by atoms with Gasteiger partial charge < -0.3 is 33.0 Å². The summed E-state index contributed by atoms with van der Waals surface area (Å²) >= 11 is 3.89. The highest BCUT2D eigenvalue weighted by Crippen LogP contribution is 2.33. The van der Waals surface area contributed by atoms with E-state index in [2.05, 4.69) is 29.5 Å². The summed E-state index contributed by atoms with van der Waals surface area (Å²) in [5, 5.41) is 7.17. The predicted molar refractivity (Wildman–Crippen MR) is 224 cm³/mol. The van der Waals surface area contributed by atoms with Crippen molar-refractivity contribution >= 4 is 52.0 Å². The number of anilines is 2. The Morgan fingerprint density at radius 1 is 0.934 bits per heavy atom. The average Bonchev–Trinajstić information content (AvgIpc) is 3.80. The SMILES string of the molecule is Cc1nn(CCN(c2ccc(F)cc2)S(=O)[O-])cc1-c1ccc(-c2cnc(C(=O)Nc3ccc(C(=O)N4CCN(C(=O)C5CC[N+](C)(C)CC5)CC4)c(Cl)c3)n2C)c(F)c1F. The Kier molecular flexibility index (Phi) is 12.7. The minimum atomic E-state index is -2.67. The number of rotatable bonds is 11. The maximum absolute atomic E-state index is 15.8. The highest BCUT2D eigenvalue weighted by molar-refractivity contribution is 7.80. The Balaban J connectivity index is 0.977. The van der Waals surface area contributed by atoms with E-state index in [0.29, 0.717) is 31.9 Å². The third-order valence-electron chi connectivity index (χ3n) is 11.5. The van der Waals surface area contributed by atoms with Crippen molar-refractivity contribution in [3.05, 3.63) is 107 Å². The van der Waals surface area contributed by atoms with Gasteiger partial charge in [-0.1, -0.05) is 17.7 Å². The molecule has 14 nitrogen and oxygen atoms in total. The van der Waals surface area contributed by atoms with Gasteiger partial charge in [-0.25, -0.2) is 18.2 Å². The van der Waals surface area contributed by atoms with Gasteiger partial charge in [0.2, 0.25) is 5.91 Å². The number of benzene rings is 3. The lowest BCUT2D eigenvalue weighted by Crippen LogP contribution is -2.54. The van der Waals surface area contributed by atoms with Crippen LogP contribution in [0.1, 0.15) is 39.5 Å². The number of halogens is 4. The molecule has 0 spiro atoms. The van der Waals surface area contributed by atoms with E-state index in [9.17, 15) is 27.5 Å². The van der Waals surface area contributed by atoms with E-state index >= 15 is 8.78 Å². The molecule has 61 heavy (non-hydrogen) atoms. The smallest absolute Gasteiger partial charge is 0.291 e. The molecule has 3 amide bonds. The largest absolute Gasteiger partial charge is 0.755 e. The summed E-state index contributed by atoms with van der Waals surface area (Å²) in [6.45, 7) is 5.17. The van der Waals surface area contributed by atoms with Crippen molar-refractivity contribution in [2.24, 2.45) is 13.0 Å². The molecule has 3 aromatic carbocycles. The number of likely N-dealkylation sites (tertiary alicyclic amines) is 1. The lowest BCUT2D eigenvalue weighted by molar-refractivity contribution is -0.895. The summed E-state index contributed by atoms with van der Waals surface area (Å²) in [7, 11) is 5.83. The van der Waals surface area contributed by atoms with Crippen molar-refractivity contribution in [3.8, 4) is 22.4 Å². The molecule has 2 fully saturated rings. The van der Waals surface area contributed by atoms with Gasteiger partial charge in [-0.15, -0.1) is 0 Å². The van der Waals surface area contributed by atoms with E-state index in [1.807, 2.05) is 4.90 Å². The molecule has 0 saturated carbocycles. The monoisotopic (exact) mass is 879 g/mol. The number of carbonyl (C=O) groups is 3. The van der Waals surface area contributed by atoms with Gasteiger partial charge in [0.05, 0.1) is 68.4 Å². The van der Waals surface area contributed by atoms with Crippen LogP contribution < -0.4 is 9.62 Å². The Bertz CT molecular complexity index is 2500. The fourth-order valence-corrected chi connectivity index (χ4v) is 8.62. The second kappa shape index (κ2) is 17.8. The number of imidazole rings is 1. The van der Waals surface area contributed by atoms with Crippen LogP contribution in [-0.4, -0.2) is 120 Å². The lowest BCUT2D eigenvalue weighted by atomic mass is 9.94. The maximum Gasteiger partial charge on any atom is 0.291 e. The van der Waals surface area contributed by atoms with Crippen molar-refractivity contribution in [2.75, 3.05) is 69.5 Å². The van der Waals surface area contributed by atoms with Gasteiger partial charge in [0, 0.05) is 97.5 Å². The van der Waals surface area contributed by atoms with Crippen LogP contribution >= 0.6 is 11.6 Å². The maximum atomic E-state index is 15.8. The summed E-state index contributed by atoms with van der Waals surface area (Å²) in [4.78, 5) is 47.7. The number of hydrogen-bond donors (Lipinski definition) is 1. The van der Waals surface area contributed by atoms with E-state index in [4.69, 9.17) is 11.6 Å². The molecule has 0 aliphatic carbocycles. The zero-order chi connectivity index (χ0) is 43.7. The fraction of sp³-hybridized carbons (Fsp3) is 0.357. The van der Waals surface area contributed by atoms with E-state index in [1.54, 1.807) is 11.8 Å². The summed E-state index contributed by atoms with van der Waals surface area (Å²) in [5.74, 6) is -3.75. The number of nitrogens with one attached hydrogen (secondary N) is 1. The standard InChI is InChI=1S/C42H45ClF3N9O5S/c1-26-34(25-53(49-26)19-20-54(61(59)60)30-8-5-28(44)6-9-30)31-11-12-33(38(46)37(31)45)36-24-47-39(50(36)2)40(56)48-29-7-10-32(35(43)23-29)42(58)52-17-15-51(16-18-52)41(57)27-13-21-55(3,4)22-14-27/h5-12,23-25,27H,13-22H2,1-4H3,(H-,48,56,58,59,60). The topological polar surface area (TPSA) is 149 Å². The molecule has 1 atom stereocenters. The Hall–Kier alpha value is -5.56. The molecule has 7 rings (SSSR count). The van der Waals surface area contributed by atoms with Gasteiger partial charge in [0.25, 0.3) is 11.8 Å². The quantitative estimate of drug-likeness (QED) is 0.133. The number of aryl methyl sites for hydroxylation is 1. The zero-order valence-corrected chi connectivity index (χ0v) is 35.6. The number of aromatic nitrogens is 4. The van der Waals surface area contributed by atoms with Crippen LogP contribution in [0.2, 0.25) is 5.02 Å². The number of amides is 3. The molecular formula is C42H45ClF3N9O5S. The Morgan fingerprint density at radius 3 is 2.23 bits per heavy atom. The molecule has 19 heteroatoms.